The summed E-state index contributed by atoms with van der Waals surface area (Å²) in [6.07, 6.45) is 1.48. The van der Waals surface area contributed by atoms with Gasteiger partial charge in [-0.2, -0.15) is 5.26 Å². The largest absolute Gasteiger partial charge is 0.359 e. The quantitative estimate of drug-likeness (QED) is 0.555. The maximum Gasteiger partial charge on any atom is 0.331 e. The van der Waals surface area contributed by atoms with Gasteiger partial charge in [-0.25, -0.2) is 17.9 Å². The van der Waals surface area contributed by atoms with Crippen molar-refractivity contribution in [2.75, 3.05) is 0 Å². The normalized spacial score (nSPS) is 15.5. The lowest BCUT2D eigenvalue weighted by atomic mass is 9.95. The fourth-order valence-electron chi connectivity index (χ4n) is 3.61. The van der Waals surface area contributed by atoms with Crippen molar-refractivity contribution in [2.24, 2.45) is 5.41 Å². The number of nitriles is 1. The Balaban J connectivity index is 1.93. The Labute approximate surface area is 190 Å². The van der Waals surface area contributed by atoms with Crippen LogP contribution in [0.5, 0.6) is 0 Å². The van der Waals surface area contributed by atoms with Crippen LogP contribution in [0, 0.1) is 23.7 Å². The summed E-state index contributed by atoms with van der Waals surface area (Å²) < 4.78 is 35.9. The molecule has 0 saturated heterocycles. The van der Waals surface area contributed by atoms with Gasteiger partial charge < -0.3 is 4.52 Å². The number of nitrogens with one attached hydrogen (secondary N) is 1. The van der Waals surface area contributed by atoms with Gasteiger partial charge in [-0.15, -0.1) is 0 Å². The third kappa shape index (κ3) is 4.49. The molecule has 174 valence electrons. The van der Waals surface area contributed by atoms with E-state index in [2.05, 4.69) is 15.9 Å². The molecular formula is C22H25N5O5S. The van der Waals surface area contributed by atoms with Crippen molar-refractivity contribution >= 4 is 20.9 Å². The van der Waals surface area contributed by atoms with E-state index in [1.165, 1.54) is 22.8 Å². The highest BCUT2D eigenvalue weighted by Crippen LogP contribution is 2.36. The summed E-state index contributed by atoms with van der Waals surface area (Å²) in [5.74, 6) is 0.309. The van der Waals surface area contributed by atoms with Gasteiger partial charge in [0.05, 0.1) is 39.5 Å². The predicted octanol–water partition coefficient (Wildman–Crippen LogP) is 1.89. The Morgan fingerprint density at radius 3 is 2.52 bits per heavy atom. The standard InChI is InChI=1S/C22H25N5O5S/c1-14-9-15(32-24-14)11-26-19(28)17-10-16(33(30,31)25-22(4)7-8-22)5-6-18(17)27(20(26)29)13-21(2,3)12-23/h5-6,9-10,25H,7-8,11,13H2,1-4H3. The summed E-state index contributed by atoms with van der Waals surface area (Å²) >= 11 is 0. The maximum atomic E-state index is 13.3. The number of fused-ring (bicyclic) bond motifs is 1. The molecular weight excluding hydrogens is 446 g/mol. The topological polar surface area (TPSA) is 140 Å². The van der Waals surface area contributed by atoms with Gasteiger partial charge in [0.15, 0.2) is 5.76 Å². The van der Waals surface area contributed by atoms with Gasteiger partial charge >= 0.3 is 5.69 Å². The molecule has 0 bridgehead atoms. The highest BCUT2D eigenvalue weighted by atomic mass is 32.2. The number of rotatable bonds is 7. The van der Waals surface area contributed by atoms with Crippen LogP contribution in [0.25, 0.3) is 10.9 Å². The minimum Gasteiger partial charge on any atom is -0.359 e. The van der Waals surface area contributed by atoms with E-state index in [0.717, 1.165) is 17.4 Å². The van der Waals surface area contributed by atoms with E-state index in [1.807, 2.05) is 6.92 Å². The molecule has 1 aromatic carbocycles. The van der Waals surface area contributed by atoms with E-state index < -0.39 is 32.2 Å². The van der Waals surface area contributed by atoms with Gasteiger partial charge in [-0.05, 0) is 58.7 Å². The van der Waals surface area contributed by atoms with Crippen molar-refractivity contribution in [1.29, 1.82) is 5.26 Å². The van der Waals surface area contributed by atoms with Crippen LogP contribution in [0.15, 0.2) is 43.3 Å². The summed E-state index contributed by atoms with van der Waals surface area (Å²) in [5, 5.41) is 13.3. The summed E-state index contributed by atoms with van der Waals surface area (Å²) in [6.45, 7) is 6.74. The predicted molar refractivity (Wildman–Crippen MR) is 120 cm³/mol. The zero-order valence-corrected chi connectivity index (χ0v) is 19.7. The maximum absolute atomic E-state index is 13.3. The zero-order valence-electron chi connectivity index (χ0n) is 18.9. The van der Waals surface area contributed by atoms with Crippen LogP contribution in [-0.2, 0) is 23.1 Å². The smallest absolute Gasteiger partial charge is 0.331 e. The minimum atomic E-state index is -3.86. The Morgan fingerprint density at radius 1 is 1.24 bits per heavy atom. The van der Waals surface area contributed by atoms with Crippen LogP contribution < -0.4 is 16.0 Å². The fourth-order valence-corrected chi connectivity index (χ4v) is 5.10. The number of aryl methyl sites for hydroxylation is 1. The molecule has 4 rings (SSSR count). The molecule has 0 aliphatic heterocycles. The average Bonchev–Trinajstić information content (AvgIpc) is 3.31. The first-order chi connectivity index (χ1) is 15.3. The first-order valence-corrected chi connectivity index (χ1v) is 12.0. The lowest BCUT2D eigenvalue weighted by Gasteiger charge is -2.20. The molecule has 2 heterocycles. The van der Waals surface area contributed by atoms with Crippen molar-refractivity contribution in [3.8, 4) is 6.07 Å². The lowest BCUT2D eigenvalue weighted by Crippen LogP contribution is -2.42. The third-order valence-electron chi connectivity index (χ3n) is 5.73. The molecule has 0 unspecified atom stereocenters. The Hall–Kier alpha value is -3.23. The molecule has 0 amide bonds. The van der Waals surface area contributed by atoms with Crippen LogP contribution in [-0.4, -0.2) is 28.2 Å². The van der Waals surface area contributed by atoms with E-state index >= 15 is 0 Å². The van der Waals surface area contributed by atoms with Gasteiger partial charge in [0.2, 0.25) is 10.0 Å². The minimum absolute atomic E-state index is 0.0109. The molecule has 1 N–H and O–H groups in total. The second-order valence-electron chi connectivity index (χ2n) is 9.54. The summed E-state index contributed by atoms with van der Waals surface area (Å²) in [4.78, 5) is 26.6. The molecule has 1 saturated carbocycles. The van der Waals surface area contributed by atoms with Crippen molar-refractivity contribution in [3.63, 3.8) is 0 Å². The van der Waals surface area contributed by atoms with Crippen molar-refractivity contribution in [1.82, 2.24) is 19.0 Å². The molecule has 10 nitrogen and oxygen atoms in total. The van der Waals surface area contributed by atoms with E-state index in [-0.39, 0.29) is 28.9 Å². The third-order valence-corrected chi connectivity index (χ3v) is 7.37. The average molecular weight is 472 g/mol. The second kappa shape index (κ2) is 7.67. The summed E-state index contributed by atoms with van der Waals surface area (Å²) in [5.41, 5.74) is -1.80. The number of nitrogens with zero attached hydrogens (tertiary/aromatic N) is 4. The molecule has 33 heavy (non-hydrogen) atoms. The van der Waals surface area contributed by atoms with Crippen molar-refractivity contribution < 1.29 is 12.9 Å². The van der Waals surface area contributed by atoms with Gasteiger partial charge in [0.25, 0.3) is 5.56 Å². The number of benzene rings is 1. The summed E-state index contributed by atoms with van der Waals surface area (Å²) in [6, 6.07) is 7.86. The lowest BCUT2D eigenvalue weighted by molar-refractivity contribution is 0.362. The van der Waals surface area contributed by atoms with Gasteiger partial charge in [-0.3, -0.25) is 13.9 Å². The van der Waals surface area contributed by atoms with E-state index in [4.69, 9.17) is 4.52 Å². The monoisotopic (exact) mass is 471 g/mol. The molecule has 0 atom stereocenters. The molecule has 2 aromatic heterocycles. The Kier molecular flexibility index (Phi) is 5.34. The van der Waals surface area contributed by atoms with Gasteiger partial charge in [0, 0.05) is 18.2 Å². The van der Waals surface area contributed by atoms with Crippen LogP contribution in [0.1, 0.15) is 45.1 Å². The number of aromatic nitrogens is 3. The van der Waals surface area contributed by atoms with Crippen LogP contribution >= 0.6 is 0 Å². The summed E-state index contributed by atoms with van der Waals surface area (Å²) in [7, 11) is -3.86. The second-order valence-corrected chi connectivity index (χ2v) is 11.2. The first kappa shape index (κ1) is 22.9. The van der Waals surface area contributed by atoms with Crippen LogP contribution in [0.3, 0.4) is 0 Å². The molecule has 11 heteroatoms. The van der Waals surface area contributed by atoms with Crippen molar-refractivity contribution in [2.45, 2.75) is 64.1 Å². The molecule has 1 fully saturated rings. The number of sulfonamides is 1. The van der Waals surface area contributed by atoms with E-state index in [0.29, 0.717) is 11.5 Å². The van der Waals surface area contributed by atoms with Gasteiger partial charge in [0.1, 0.15) is 0 Å². The Morgan fingerprint density at radius 2 is 1.94 bits per heavy atom. The molecule has 0 spiro atoms. The van der Waals surface area contributed by atoms with Crippen molar-refractivity contribution in [3.05, 3.63) is 56.6 Å². The fraction of sp³-hybridized carbons (Fsp3) is 0.455. The highest BCUT2D eigenvalue weighted by Gasteiger charge is 2.41. The number of hydrogen-bond acceptors (Lipinski definition) is 7. The van der Waals surface area contributed by atoms with Crippen LogP contribution in [0.4, 0.5) is 0 Å². The molecule has 3 aromatic rings. The Bertz CT molecular complexity index is 1520. The SMILES string of the molecule is Cc1cc(Cn2c(=O)c3cc(S(=O)(=O)NC4(C)CC4)ccc3n(CC(C)(C)C#N)c2=O)on1. The molecule has 1 aliphatic carbocycles. The van der Waals surface area contributed by atoms with E-state index in [1.54, 1.807) is 26.8 Å². The molecule has 1 aliphatic rings. The highest BCUT2D eigenvalue weighted by molar-refractivity contribution is 7.89. The van der Waals surface area contributed by atoms with Crippen LogP contribution in [0.2, 0.25) is 0 Å². The molecule has 0 radical (unpaired) electrons. The van der Waals surface area contributed by atoms with E-state index in [9.17, 15) is 23.3 Å². The number of hydrogen-bond donors (Lipinski definition) is 1. The zero-order chi connectivity index (χ0) is 24.2. The van der Waals surface area contributed by atoms with Gasteiger partial charge in [-0.1, -0.05) is 5.16 Å². The first-order valence-electron chi connectivity index (χ1n) is 10.5.